The summed E-state index contributed by atoms with van der Waals surface area (Å²) in [6.45, 7) is -0.444. The molecule has 0 unspecified atom stereocenters. The minimum absolute atomic E-state index is 0.444. The summed E-state index contributed by atoms with van der Waals surface area (Å²) in [5.74, 6) is 0. The van der Waals surface area contributed by atoms with Crippen LogP contribution in [0.5, 0.6) is 0 Å². The van der Waals surface area contributed by atoms with Crippen LogP contribution in [0.1, 0.15) is 0 Å². The molecule has 0 heterocycles. The summed E-state index contributed by atoms with van der Waals surface area (Å²) in [5, 5.41) is 6.47. The smallest absolute Gasteiger partial charge is 0.177 e. The SMILES string of the molecule is OC[C@H](F)Br. The van der Waals surface area contributed by atoms with E-state index in [9.17, 15) is 4.39 Å². The van der Waals surface area contributed by atoms with Gasteiger partial charge in [-0.1, -0.05) is 0 Å². The van der Waals surface area contributed by atoms with E-state index in [0.717, 1.165) is 0 Å². The van der Waals surface area contributed by atoms with Gasteiger partial charge < -0.3 is 5.11 Å². The van der Waals surface area contributed by atoms with Crippen molar-refractivity contribution in [2.75, 3.05) is 6.61 Å². The van der Waals surface area contributed by atoms with Gasteiger partial charge in [0.25, 0.3) is 0 Å². The van der Waals surface area contributed by atoms with Crippen molar-refractivity contribution in [3.05, 3.63) is 0 Å². The molecule has 0 saturated heterocycles. The topological polar surface area (TPSA) is 20.2 Å². The summed E-state index contributed by atoms with van der Waals surface area (Å²) in [6, 6.07) is 0. The predicted molar refractivity (Wildman–Crippen MR) is 20.9 cm³/mol. The van der Waals surface area contributed by atoms with Gasteiger partial charge in [-0.05, 0) is 15.9 Å². The van der Waals surface area contributed by atoms with Crippen molar-refractivity contribution < 1.29 is 9.50 Å². The van der Waals surface area contributed by atoms with Crippen LogP contribution in [-0.4, -0.2) is 16.8 Å². The van der Waals surface area contributed by atoms with Crippen LogP contribution in [0.25, 0.3) is 0 Å². The average molecular weight is 143 g/mol. The number of alkyl halides is 2. The fraction of sp³-hybridized carbons (Fsp3) is 1.00. The van der Waals surface area contributed by atoms with Crippen LogP contribution in [0.4, 0.5) is 4.39 Å². The fourth-order valence-corrected chi connectivity index (χ4v) is 0. The van der Waals surface area contributed by atoms with E-state index < -0.39 is 11.7 Å². The largest absolute Gasteiger partial charge is 0.392 e. The maximum absolute atomic E-state index is 11.1. The van der Waals surface area contributed by atoms with Crippen molar-refractivity contribution in [3.63, 3.8) is 0 Å². The second-order valence-corrected chi connectivity index (χ2v) is 1.57. The third kappa shape index (κ3) is 4.37. The summed E-state index contributed by atoms with van der Waals surface area (Å²) >= 11 is 2.46. The van der Waals surface area contributed by atoms with Crippen molar-refractivity contribution in [3.8, 4) is 0 Å². The molecule has 0 aromatic carbocycles. The van der Waals surface area contributed by atoms with Crippen LogP contribution in [0, 0.1) is 0 Å². The molecule has 3 heteroatoms. The second-order valence-electron chi connectivity index (χ2n) is 0.574. The van der Waals surface area contributed by atoms with Gasteiger partial charge in [-0.25, -0.2) is 4.39 Å². The van der Waals surface area contributed by atoms with Crippen LogP contribution in [0.15, 0.2) is 0 Å². The highest BCUT2D eigenvalue weighted by molar-refractivity contribution is 9.09. The number of hydrogen-bond acceptors (Lipinski definition) is 1. The number of hydrogen-bond donors (Lipinski definition) is 1. The Kier molecular flexibility index (Phi) is 2.79. The number of aliphatic hydroxyl groups excluding tert-OH is 1. The molecule has 1 N–H and O–H groups in total. The third-order valence-electron chi connectivity index (χ3n) is 0.138. The van der Waals surface area contributed by atoms with Crippen molar-refractivity contribution >= 4 is 15.9 Å². The Labute approximate surface area is 37.9 Å². The van der Waals surface area contributed by atoms with Gasteiger partial charge in [0.05, 0.1) is 6.61 Å². The van der Waals surface area contributed by atoms with E-state index in [1.165, 1.54) is 0 Å². The van der Waals surface area contributed by atoms with Crippen molar-refractivity contribution in [2.45, 2.75) is 5.08 Å². The lowest BCUT2D eigenvalue weighted by Gasteiger charge is -1.83. The van der Waals surface area contributed by atoms with Crippen molar-refractivity contribution in [2.24, 2.45) is 0 Å². The first-order chi connectivity index (χ1) is 2.27. The number of rotatable bonds is 1. The lowest BCUT2D eigenvalue weighted by atomic mass is 10.8. The molecular formula is C2H4BrFO. The van der Waals surface area contributed by atoms with E-state index in [-0.39, 0.29) is 0 Å². The van der Waals surface area contributed by atoms with Crippen LogP contribution in [0.3, 0.4) is 0 Å². The van der Waals surface area contributed by atoms with E-state index in [1.807, 2.05) is 0 Å². The second kappa shape index (κ2) is 2.60. The molecule has 0 spiro atoms. The Morgan fingerprint density at radius 1 is 2.00 bits per heavy atom. The van der Waals surface area contributed by atoms with Crippen LogP contribution in [0.2, 0.25) is 0 Å². The highest BCUT2D eigenvalue weighted by Crippen LogP contribution is 1.95. The summed E-state index contributed by atoms with van der Waals surface area (Å²) in [6.07, 6.45) is 0. The molecule has 0 amide bonds. The highest BCUT2D eigenvalue weighted by Gasteiger charge is 1.89. The highest BCUT2D eigenvalue weighted by atomic mass is 79.9. The van der Waals surface area contributed by atoms with Gasteiger partial charge in [0.1, 0.15) is 0 Å². The summed E-state index contributed by atoms with van der Waals surface area (Å²) < 4.78 is 11.1. The molecule has 0 aliphatic heterocycles. The van der Waals surface area contributed by atoms with Gasteiger partial charge in [0, 0.05) is 0 Å². The number of aliphatic hydroxyl groups is 1. The first-order valence-electron chi connectivity index (χ1n) is 1.16. The van der Waals surface area contributed by atoms with E-state index in [4.69, 9.17) is 5.11 Å². The van der Waals surface area contributed by atoms with Gasteiger partial charge in [0.2, 0.25) is 0 Å². The van der Waals surface area contributed by atoms with Gasteiger partial charge in [-0.15, -0.1) is 0 Å². The van der Waals surface area contributed by atoms with Crippen molar-refractivity contribution in [1.29, 1.82) is 0 Å². The molecule has 0 rings (SSSR count). The standard InChI is InChI=1S/C2H4BrFO/c3-2(4)1-5/h2,5H,1H2/t2-/m0/s1. The molecule has 0 aromatic heterocycles. The molecule has 5 heavy (non-hydrogen) atoms. The Balaban J connectivity index is 2.54. The van der Waals surface area contributed by atoms with E-state index in [1.54, 1.807) is 0 Å². The Hall–Kier alpha value is 0.370. The minimum Gasteiger partial charge on any atom is -0.392 e. The quantitative estimate of drug-likeness (QED) is 0.534. The fourth-order valence-electron chi connectivity index (χ4n) is 0. The first-order valence-corrected chi connectivity index (χ1v) is 2.08. The molecule has 0 bridgehead atoms. The molecule has 0 radical (unpaired) electrons. The molecule has 0 aliphatic carbocycles. The van der Waals surface area contributed by atoms with Crippen LogP contribution < -0.4 is 0 Å². The normalized spacial score (nSPS) is 15.0. The lowest BCUT2D eigenvalue weighted by Crippen LogP contribution is -1.91. The zero-order chi connectivity index (χ0) is 4.28. The van der Waals surface area contributed by atoms with E-state index >= 15 is 0 Å². The minimum atomic E-state index is -1.25. The summed E-state index contributed by atoms with van der Waals surface area (Å²) in [4.78, 5) is 0. The summed E-state index contributed by atoms with van der Waals surface area (Å²) in [5.41, 5.74) is 0. The zero-order valence-electron chi connectivity index (χ0n) is 2.49. The lowest BCUT2D eigenvalue weighted by molar-refractivity contribution is 0.237. The van der Waals surface area contributed by atoms with Crippen LogP contribution in [-0.2, 0) is 0 Å². The van der Waals surface area contributed by atoms with Gasteiger partial charge >= 0.3 is 0 Å². The zero-order valence-corrected chi connectivity index (χ0v) is 4.07. The van der Waals surface area contributed by atoms with E-state index in [2.05, 4.69) is 15.9 Å². The molecule has 0 aliphatic rings. The predicted octanol–water partition coefficient (Wildman–Crippen LogP) is 0.669. The molecule has 1 nitrogen and oxygen atoms in total. The summed E-state index contributed by atoms with van der Waals surface area (Å²) in [7, 11) is 0. The van der Waals surface area contributed by atoms with Gasteiger partial charge in [0.15, 0.2) is 5.08 Å². The monoisotopic (exact) mass is 142 g/mol. The Bertz CT molecular complexity index is 23.6. The molecule has 0 fully saturated rings. The maximum Gasteiger partial charge on any atom is 0.177 e. The molecule has 0 aromatic rings. The Morgan fingerprint density at radius 2 is 2.20 bits per heavy atom. The molecule has 32 valence electrons. The van der Waals surface area contributed by atoms with Crippen LogP contribution >= 0.6 is 15.9 Å². The molecular weight excluding hydrogens is 139 g/mol. The van der Waals surface area contributed by atoms with Gasteiger partial charge in [-0.3, -0.25) is 0 Å². The molecule has 0 saturated carbocycles. The third-order valence-corrected chi connectivity index (χ3v) is 0.428. The average Bonchev–Trinajstić information content (AvgIpc) is 1.38. The van der Waals surface area contributed by atoms with Crippen molar-refractivity contribution in [1.82, 2.24) is 0 Å². The van der Waals surface area contributed by atoms with Gasteiger partial charge in [-0.2, -0.15) is 0 Å². The molecule has 1 atom stereocenters. The Morgan fingerprint density at radius 3 is 2.20 bits per heavy atom. The first kappa shape index (κ1) is 5.37. The number of halogens is 2. The van der Waals surface area contributed by atoms with E-state index in [0.29, 0.717) is 0 Å². The maximum atomic E-state index is 11.1.